The summed E-state index contributed by atoms with van der Waals surface area (Å²) in [7, 11) is -3.04. The maximum atomic E-state index is 12.3. The van der Waals surface area contributed by atoms with Gasteiger partial charge in [-0.25, -0.2) is 12.7 Å². The van der Waals surface area contributed by atoms with E-state index in [1.165, 1.54) is 6.42 Å². The molecule has 1 fully saturated rings. The van der Waals surface area contributed by atoms with Gasteiger partial charge in [-0.05, 0) is 50.6 Å². The van der Waals surface area contributed by atoms with Crippen LogP contribution in [0.5, 0.6) is 0 Å². The minimum absolute atomic E-state index is 0.284. The Bertz CT molecular complexity index is 341. The molecule has 1 heterocycles. The van der Waals surface area contributed by atoms with E-state index in [0.29, 0.717) is 31.3 Å². The third kappa shape index (κ3) is 5.79. The van der Waals surface area contributed by atoms with Crippen molar-refractivity contribution in [3.63, 3.8) is 0 Å². The molecule has 114 valence electrons. The Kier molecular flexibility index (Phi) is 7.32. The third-order valence-electron chi connectivity index (χ3n) is 4.07. The molecule has 19 heavy (non-hydrogen) atoms. The van der Waals surface area contributed by atoms with E-state index in [4.69, 9.17) is 0 Å². The van der Waals surface area contributed by atoms with Gasteiger partial charge in [0.15, 0.2) is 0 Å². The zero-order valence-corrected chi connectivity index (χ0v) is 13.5. The van der Waals surface area contributed by atoms with Gasteiger partial charge in [-0.3, -0.25) is 0 Å². The fraction of sp³-hybridized carbons (Fsp3) is 1.00. The molecule has 0 aromatic carbocycles. The lowest BCUT2D eigenvalue weighted by Gasteiger charge is -2.21. The molecule has 0 spiro atoms. The second kappa shape index (κ2) is 8.22. The average molecular weight is 290 g/mol. The van der Waals surface area contributed by atoms with Crippen LogP contribution in [0.1, 0.15) is 46.5 Å². The smallest absolute Gasteiger partial charge is 0.214 e. The van der Waals surface area contributed by atoms with Gasteiger partial charge in [0.1, 0.15) is 0 Å². The Morgan fingerprint density at radius 2 is 2.00 bits per heavy atom. The summed E-state index contributed by atoms with van der Waals surface area (Å²) in [5, 5.41) is 3.18. The molecule has 1 aliphatic heterocycles. The van der Waals surface area contributed by atoms with Crippen molar-refractivity contribution in [2.24, 2.45) is 11.8 Å². The summed E-state index contributed by atoms with van der Waals surface area (Å²) in [6.45, 7) is 9.64. The highest BCUT2D eigenvalue weighted by Gasteiger charge is 2.26. The van der Waals surface area contributed by atoms with E-state index in [-0.39, 0.29) is 5.75 Å². The Balaban J connectivity index is 2.45. The molecule has 1 atom stereocenters. The summed E-state index contributed by atoms with van der Waals surface area (Å²) in [6.07, 6.45) is 3.90. The Labute approximate surface area is 119 Å². The molecule has 0 saturated carbocycles. The fourth-order valence-electron chi connectivity index (χ4n) is 2.73. The van der Waals surface area contributed by atoms with Crippen molar-refractivity contribution < 1.29 is 8.42 Å². The van der Waals surface area contributed by atoms with E-state index >= 15 is 0 Å². The normalized spacial score (nSPS) is 22.6. The first-order valence-electron chi connectivity index (χ1n) is 7.66. The van der Waals surface area contributed by atoms with Crippen molar-refractivity contribution >= 4 is 10.0 Å². The second-order valence-electron chi connectivity index (χ2n) is 5.86. The number of rotatable bonds is 7. The quantitative estimate of drug-likeness (QED) is 0.730. The van der Waals surface area contributed by atoms with E-state index in [2.05, 4.69) is 19.2 Å². The van der Waals surface area contributed by atoms with Crippen molar-refractivity contribution in [3.05, 3.63) is 0 Å². The maximum Gasteiger partial charge on any atom is 0.214 e. The second-order valence-corrected chi connectivity index (χ2v) is 7.95. The number of hydrogen-bond donors (Lipinski definition) is 1. The molecular weight excluding hydrogens is 260 g/mol. The highest BCUT2D eigenvalue weighted by molar-refractivity contribution is 7.89. The van der Waals surface area contributed by atoms with Crippen molar-refractivity contribution in [2.45, 2.75) is 46.5 Å². The molecule has 1 saturated heterocycles. The number of hydrogen-bond acceptors (Lipinski definition) is 3. The summed E-state index contributed by atoms with van der Waals surface area (Å²) in [6, 6.07) is 0. The molecule has 0 amide bonds. The van der Waals surface area contributed by atoms with Crippen molar-refractivity contribution in [3.8, 4) is 0 Å². The maximum absolute atomic E-state index is 12.3. The molecule has 4 nitrogen and oxygen atoms in total. The molecule has 0 bridgehead atoms. The molecule has 0 aliphatic carbocycles. The van der Waals surface area contributed by atoms with Crippen LogP contribution >= 0.6 is 0 Å². The molecule has 5 heteroatoms. The first kappa shape index (κ1) is 16.9. The van der Waals surface area contributed by atoms with Gasteiger partial charge in [-0.2, -0.15) is 0 Å². The van der Waals surface area contributed by atoms with Crippen LogP contribution in [0.15, 0.2) is 0 Å². The Morgan fingerprint density at radius 3 is 2.63 bits per heavy atom. The number of sulfonamides is 1. The minimum Gasteiger partial charge on any atom is -0.317 e. The van der Waals surface area contributed by atoms with E-state index in [0.717, 1.165) is 25.9 Å². The lowest BCUT2D eigenvalue weighted by Crippen LogP contribution is -2.35. The van der Waals surface area contributed by atoms with Gasteiger partial charge < -0.3 is 5.32 Å². The molecule has 1 aliphatic rings. The van der Waals surface area contributed by atoms with Crippen LogP contribution in [-0.4, -0.2) is 44.7 Å². The van der Waals surface area contributed by atoms with E-state index in [9.17, 15) is 8.42 Å². The summed E-state index contributed by atoms with van der Waals surface area (Å²) < 4.78 is 26.3. The van der Waals surface area contributed by atoms with Crippen molar-refractivity contribution in [2.75, 3.05) is 31.9 Å². The molecule has 1 unspecified atom stereocenters. The highest BCUT2D eigenvalue weighted by Crippen LogP contribution is 2.25. The van der Waals surface area contributed by atoms with Crippen LogP contribution in [0.25, 0.3) is 0 Å². The SMILES string of the molecule is CCNCCCS(=O)(=O)N1CCCC(C(C)C)CC1. The Hall–Kier alpha value is -0.130. The molecule has 0 aromatic rings. The van der Waals surface area contributed by atoms with Crippen LogP contribution in [0.2, 0.25) is 0 Å². The first-order chi connectivity index (χ1) is 8.97. The van der Waals surface area contributed by atoms with Gasteiger partial charge in [0, 0.05) is 13.1 Å². The molecule has 0 aromatic heterocycles. The Morgan fingerprint density at radius 1 is 1.26 bits per heavy atom. The standard InChI is InChI=1S/C14H30N2O2S/c1-4-15-9-6-12-19(17,18)16-10-5-7-14(8-11-16)13(2)3/h13-15H,4-12H2,1-3H3. The van der Waals surface area contributed by atoms with Crippen molar-refractivity contribution in [1.29, 1.82) is 0 Å². The van der Waals surface area contributed by atoms with Crippen molar-refractivity contribution in [1.82, 2.24) is 9.62 Å². The lowest BCUT2D eigenvalue weighted by molar-refractivity contribution is 0.340. The predicted molar refractivity (Wildman–Crippen MR) is 80.7 cm³/mol. The molecular formula is C14H30N2O2S. The molecule has 1 rings (SSSR count). The van der Waals surface area contributed by atoms with Crippen LogP contribution in [0.4, 0.5) is 0 Å². The summed E-state index contributed by atoms with van der Waals surface area (Å²) in [5.74, 6) is 1.63. The number of nitrogens with one attached hydrogen (secondary N) is 1. The van der Waals surface area contributed by atoms with Gasteiger partial charge in [0.05, 0.1) is 5.75 Å². The largest absolute Gasteiger partial charge is 0.317 e. The van der Waals surface area contributed by atoms with Gasteiger partial charge in [-0.1, -0.05) is 20.8 Å². The lowest BCUT2D eigenvalue weighted by atomic mass is 9.89. The average Bonchev–Trinajstić information content (AvgIpc) is 2.61. The van der Waals surface area contributed by atoms with E-state index < -0.39 is 10.0 Å². The minimum atomic E-state index is -3.04. The van der Waals surface area contributed by atoms with Gasteiger partial charge in [0.25, 0.3) is 0 Å². The van der Waals surface area contributed by atoms with Crippen LogP contribution in [0, 0.1) is 11.8 Å². The fourth-order valence-corrected chi connectivity index (χ4v) is 4.28. The topological polar surface area (TPSA) is 49.4 Å². The zero-order chi connectivity index (χ0) is 14.3. The van der Waals surface area contributed by atoms with Crippen LogP contribution in [-0.2, 0) is 10.0 Å². The molecule has 0 radical (unpaired) electrons. The predicted octanol–water partition coefficient (Wildman–Crippen LogP) is 2.07. The highest BCUT2D eigenvalue weighted by atomic mass is 32.2. The van der Waals surface area contributed by atoms with Gasteiger partial charge in [-0.15, -0.1) is 0 Å². The third-order valence-corrected chi connectivity index (χ3v) is 6.03. The summed E-state index contributed by atoms with van der Waals surface area (Å²) >= 11 is 0. The van der Waals surface area contributed by atoms with Gasteiger partial charge in [0.2, 0.25) is 10.0 Å². The van der Waals surface area contributed by atoms with Crippen LogP contribution in [0.3, 0.4) is 0 Å². The monoisotopic (exact) mass is 290 g/mol. The molecule has 1 N–H and O–H groups in total. The van der Waals surface area contributed by atoms with E-state index in [1.54, 1.807) is 4.31 Å². The zero-order valence-electron chi connectivity index (χ0n) is 12.7. The first-order valence-corrected chi connectivity index (χ1v) is 9.26. The summed E-state index contributed by atoms with van der Waals surface area (Å²) in [5.41, 5.74) is 0. The van der Waals surface area contributed by atoms with Gasteiger partial charge >= 0.3 is 0 Å². The number of nitrogens with zero attached hydrogens (tertiary/aromatic N) is 1. The van der Waals surface area contributed by atoms with Crippen LogP contribution < -0.4 is 5.32 Å². The van der Waals surface area contributed by atoms with E-state index in [1.807, 2.05) is 6.92 Å². The summed E-state index contributed by atoms with van der Waals surface area (Å²) in [4.78, 5) is 0.